The Bertz CT molecular complexity index is 381. The molecule has 18 heavy (non-hydrogen) atoms. The third kappa shape index (κ3) is 3.30. The number of aryl methyl sites for hydroxylation is 1. The fraction of sp³-hybridized carbons (Fsp3) is 0.667. The summed E-state index contributed by atoms with van der Waals surface area (Å²) >= 11 is 0. The first kappa shape index (κ1) is 13.5. The number of rotatable bonds is 5. The smallest absolute Gasteiger partial charge is 0.0551 e. The van der Waals surface area contributed by atoms with E-state index < -0.39 is 0 Å². The zero-order chi connectivity index (χ0) is 13.0. The predicted molar refractivity (Wildman–Crippen MR) is 73.7 cm³/mol. The normalized spacial score (nSPS) is 25.3. The molecule has 0 bridgehead atoms. The van der Waals surface area contributed by atoms with Crippen LogP contribution in [0.25, 0.3) is 0 Å². The highest BCUT2D eigenvalue weighted by Gasteiger charge is 2.29. The van der Waals surface area contributed by atoms with Gasteiger partial charge in [0.15, 0.2) is 0 Å². The summed E-state index contributed by atoms with van der Waals surface area (Å²) in [6.45, 7) is 8.35. The maximum Gasteiger partial charge on any atom is 0.0551 e. The number of likely N-dealkylation sites (N-methyl/N-ethyl adjacent to an activating group) is 1. The largest absolute Gasteiger partial charge is 0.378 e. The Morgan fingerprint density at radius 2 is 2.39 bits per heavy atom. The van der Waals surface area contributed by atoms with Crippen molar-refractivity contribution in [2.45, 2.75) is 45.8 Å². The van der Waals surface area contributed by atoms with Crippen molar-refractivity contribution in [2.24, 2.45) is 5.92 Å². The van der Waals surface area contributed by atoms with Crippen molar-refractivity contribution in [3.05, 3.63) is 29.6 Å². The van der Waals surface area contributed by atoms with Crippen LogP contribution in [0.1, 0.15) is 31.5 Å². The topological polar surface area (TPSA) is 34.2 Å². The number of nitrogens with one attached hydrogen (secondary N) is 1. The van der Waals surface area contributed by atoms with Crippen LogP contribution in [-0.2, 0) is 11.2 Å². The minimum atomic E-state index is 0.404. The number of aromatic nitrogens is 1. The molecule has 1 aromatic rings. The third-order valence-corrected chi connectivity index (χ3v) is 3.80. The van der Waals surface area contributed by atoms with E-state index in [-0.39, 0.29) is 0 Å². The Kier molecular flexibility index (Phi) is 4.72. The van der Waals surface area contributed by atoms with Crippen molar-refractivity contribution < 1.29 is 4.74 Å². The average Bonchev–Trinajstić information content (AvgIpc) is 2.78. The minimum absolute atomic E-state index is 0.404. The first-order valence-electron chi connectivity index (χ1n) is 6.96. The Hall–Kier alpha value is -0.930. The molecule has 2 rings (SSSR count). The Morgan fingerprint density at radius 3 is 3.00 bits per heavy atom. The average molecular weight is 248 g/mol. The predicted octanol–water partition coefficient (Wildman–Crippen LogP) is 2.34. The molecule has 0 spiro atoms. The highest BCUT2D eigenvalue weighted by Crippen LogP contribution is 2.24. The SMILES string of the molecule is CCNC(Cc1ncccc1C)C1COC(C)C1. The number of hydrogen-bond donors (Lipinski definition) is 1. The van der Waals surface area contributed by atoms with Crippen LogP contribution in [0.5, 0.6) is 0 Å². The van der Waals surface area contributed by atoms with Gasteiger partial charge in [0.2, 0.25) is 0 Å². The van der Waals surface area contributed by atoms with Crippen LogP contribution < -0.4 is 5.32 Å². The Morgan fingerprint density at radius 1 is 1.56 bits per heavy atom. The molecule has 3 heteroatoms. The van der Waals surface area contributed by atoms with Gasteiger partial charge < -0.3 is 10.1 Å². The van der Waals surface area contributed by atoms with Crippen molar-refractivity contribution in [3.63, 3.8) is 0 Å². The van der Waals surface area contributed by atoms with E-state index in [0.29, 0.717) is 18.1 Å². The molecule has 3 atom stereocenters. The fourth-order valence-corrected chi connectivity index (χ4v) is 2.74. The van der Waals surface area contributed by atoms with E-state index in [1.54, 1.807) is 0 Å². The summed E-state index contributed by atoms with van der Waals surface area (Å²) in [5.74, 6) is 0.612. The van der Waals surface area contributed by atoms with Gasteiger partial charge in [-0.15, -0.1) is 0 Å². The molecule has 100 valence electrons. The first-order chi connectivity index (χ1) is 8.70. The molecule has 0 saturated carbocycles. The second kappa shape index (κ2) is 6.30. The monoisotopic (exact) mass is 248 g/mol. The zero-order valence-electron chi connectivity index (χ0n) is 11.6. The zero-order valence-corrected chi connectivity index (χ0v) is 11.6. The van der Waals surface area contributed by atoms with Gasteiger partial charge in [-0.25, -0.2) is 0 Å². The first-order valence-corrected chi connectivity index (χ1v) is 6.96. The van der Waals surface area contributed by atoms with Crippen LogP contribution in [0.3, 0.4) is 0 Å². The van der Waals surface area contributed by atoms with Crippen LogP contribution in [-0.4, -0.2) is 30.3 Å². The van der Waals surface area contributed by atoms with Gasteiger partial charge >= 0.3 is 0 Å². The second-order valence-electron chi connectivity index (χ2n) is 5.28. The fourth-order valence-electron chi connectivity index (χ4n) is 2.74. The molecule has 0 radical (unpaired) electrons. The van der Waals surface area contributed by atoms with Gasteiger partial charge in [-0.2, -0.15) is 0 Å². The molecular formula is C15H24N2O. The van der Waals surface area contributed by atoms with Crippen LogP contribution in [0.15, 0.2) is 18.3 Å². The molecule has 3 nitrogen and oxygen atoms in total. The number of pyridine rings is 1. The summed E-state index contributed by atoms with van der Waals surface area (Å²) in [5, 5.41) is 3.60. The summed E-state index contributed by atoms with van der Waals surface area (Å²) in [5.41, 5.74) is 2.50. The highest BCUT2D eigenvalue weighted by molar-refractivity contribution is 5.18. The van der Waals surface area contributed by atoms with E-state index in [0.717, 1.165) is 26.0 Å². The van der Waals surface area contributed by atoms with Crippen molar-refractivity contribution in [1.82, 2.24) is 10.3 Å². The number of hydrogen-bond acceptors (Lipinski definition) is 3. The van der Waals surface area contributed by atoms with E-state index in [9.17, 15) is 0 Å². The van der Waals surface area contributed by atoms with Gasteiger partial charge in [0.1, 0.15) is 0 Å². The minimum Gasteiger partial charge on any atom is -0.378 e. The molecule has 1 aliphatic heterocycles. The van der Waals surface area contributed by atoms with Gasteiger partial charge in [0, 0.05) is 30.3 Å². The summed E-state index contributed by atoms with van der Waals surface area (Å²) < 4.78 is 5.70. The lowest BCUT2D eigenvalue weighted by molar-refractivity contribution is 0.117. The molecule has 0 aromatic carbocycles. The molecule has 3 unspecified atom stereocenters. The third-order valence-electron chi connectivity index (χ3n) is 3.80. The lowest BCUT2D eigenvalue weighted by Crippen LogP contribution is -2.38. The number of ether oxygens (including phenoxy) is 1. The molecule has 1 aromatic heterocycles. The maximum atomic E-state index is 5.70. The molecule has 1 aliphatic rings. The van der Waals surface area contributed by atoms with Crippen LogP contribution in [0, 0.1) is 12.8 Å². The van der Waals surface area contributed by atoms with Gasteiger partial charge in [-0.3, -0.25) is 4.98 Å². The van der Waals surface area contributed by atoms with Crippen molar-refractivity contribution in [3.8, 4) is 0 Å². The van der Waals surface area contributed by atoms with E-state index in [2.05, 4.69) is 37.1 Å². The maximum absolute atomic E-state index is 5.70. The Labute approximate surface area is 110 Å². The lowest BCUT2D eigenvalue weighted by atomic mass is 9.92. The van der Waals surface area contributed by atoms with Gasteiger partial charge in [0.05, 0.1) is 12.7 Å². The summed E-state index contributed by atoms with van der Waals surface area (Å²) in [6.07, 6.45) is 4.45. The number of nitrogens with zero attached hydrogens (tertiary/aromatic N) is 1. The second-order valence-corrected chi connectivity index (χ2v) is 5.28. The van der Waals surface area contributed by atoms with E-state index in [4.69, 9.17) is 4.74 Å². The molecule has 0 aliphatic carbocycles. The van der Waals surface area contributed by atoms with E-state index in [1.807, 2.05) is 12.3 Å². The quantitative estimate of drug-likeness (QED) is 0.868. The lowest BCUT2D eigenvalue weighted by Gasteiger charge is -2.23. The summed E-state index contributed by atoms with van der Waals surface area (Å²) in [7, 11) is 0. The molecular weight excluding hydrogens is 224 g/mol. The van der Waals surface area contributed by atoms with Gasteiger partial charge in [-0.1, -0.05) is 13.0 Å². The van der Waals surface area contributed by atoms with Crippen molar-refractivity contribution >= 4 is 0 Å². The molecule has 1 saturated heterocycles. The van der Waals surface area contributed by atoms with Gasteiger partial charge in [0.25, 0.3) is 0 Å². The van der Waals surface area contributed by atoms with Crippen molar-refractivity contribution in [1.29, 1.82) is 0 Å². The van der Waals surface area contributed by atoms with Gasteiger partial charge in [-0.05, 0) is 38.4 Å². The molecule has 0 amide bonds. The van der Waals surface area contributed by atoms with Crippen LogP contribution >= 0.6 is 0 Å². The highest BCUT2D eigenvalue weighted by atomic mass is 16.5. The van der Waals surface area contributed by atoms with E-state index in [1.165, 1.54) is 11.3 Å². The molecule has 1 N–H and O–H groups in total. The van der Waals surface area contributed by atoms with Crippen LogP contribution in [0.2, 0.25) is 0 Å². The molecule has 2 heterocycles. The standard InChI is InChI=1S/C15H24N2O/c1-4-16-15(13-8-12(3)18-10-13)9-14-11(2)6-5-7-17-14/h5-7,12-13,15-16H,4,8-10H2,1-3H3. The van der Waals surface area contributed by atoms with E-state index >= 15 is 0 Å². The van der Waals surface area contributed by atoms with Crippen molar-refractivity contribution in [2.75, 3.05) is 13.2 Å². The summed E-state index contributed by atoms with van der Waals surface area (Å²) in [4.78, 5) is 4.51. The molecule has 1 fully saturated rings. The summed E-state index contributed by atoms with van der Waals surface area (Å²) in [6, 6.07) is 4.62. The Balaban J connectivity index is 2.04. The van der Waals surface area contributed by atoms with Crippen LogP contribution in [0.4, 0.5) is 0 Å².